The molecule has 8 nitrogen and oxygen atoms in total. The van der Waals surface area contributed by atoms with E-state index in [1.54, 1.807) is 24.3 Å². The molecule has 0 aliphatic carbocycles. The quantitative estimate of drug-likeness (QED) is 0.102. The number of aliphatic imine (C=N–C) groups is 1. The number of nitrogens with zero attached hydrogens (tertiary/aromatic N) is 2. The first kappa shape index (κ1) is 32.1. The van der Waals surface area contributed by atoms with Crippen molar-refractivity contribution in [2.45, 2.75) is 37.3 Å². The number of nitrogens with two attached hydrogens (primary N) is 2. The van der Waals surface area contributed by atoms with E-state index in [0.717, 1.165) is 11.1 Å². The third-order valence-corrected chi connectivity index (χ3v) is 8.01. The van der Waals surface area contributed by atoms with Crippen LogP contribution in [0.4, 0.5) is 0 Å². The van der Waals surface area contributed by atoms with E-state index in [1.807, 2.05) is 41.3 Å². The van der Waals surface area contributed by atoms with Gasteiger partial charge >= 0.3 is 0 Å². The van der Waals surface area contributed by atoms with Crippen molar-refractivity contribution in [3.05, 3.63) is 112 Å². The van der Waals surface area contributed by atoms with Crippen molar-refractivity contribution in [2.75, 3.05) is 26.2 Å². The van der Waals surface area contributed by atoms with E-state index >= 15 is 0 Å². The van der Waals surface area contributed by atoms with E-state index in [-0.39, 0.29) is 29.7 Å². The third-order valence-electron chi connectivity index (χ3n) is 7.45. The van der Waals surface area contributed by atoms with Crippen LogP contribution in [-0.4, -0.2) is 60.9 Å². The number of amides is 2. The predicted octanol–water partition coefficient (Wildman–Crippen LogP) is 4.57. The zero-order valence-electron chi connectivity index (χ0n) is 24.0. The smallest absolute Gasteiger partial charge is 0.244 e. The lowest BCUT2D eigenvalue weighted by molar-refractivity contribution is -0.133. The molecule has 0 bridgehead atoms. The first-order valence-electron chi connectivity index (χ1n) is 14.4. The topological polar surface area (TPSA) is 126 Å². The summed E-state index contributed by atoms with van der Waals surface area (Å²) < 4.78 is 0. The minimum atomic E-state index is -0.436. The van der Waals surface area contributed by atoms with E-state index in [2.05, 4.69) is 39.9 Å². The van der Waals surface area contributed by atoms with Crippen molar-refractivity contribution in [1.29, 1.82) is 0 Å². The van der Waals surface area contributed by atoms with Gasteiger partial charge in [-0.25, -0.2) is 0 Å². The molecule has 2 amide bonds. The lowest BCUT2D eigenvalue weighted by Crippen LogP contribution is -2.49. The predicted molar refractivity (Wildman–Crippen MR) is 175 cm³/mol. The molecule has 6 N–H and O–H groups in total. The number of hydrogen-bond donors (Lipinski definition) is 4. The molecule has 1 aliphatic rings. The number of halogens is 2. The van der Waals surface area contributed by atoms with Crippen LogP contribution in [0.2, 0.25) is 10.0 Å². The molecule has 0 radical (unpaired) electrons. The second-order valence-electron chi connectivity index (χ2n) is 10.6. The lowest BCUT2D eigenvalue weighted by Gasteiger charge is -2.29. The van der Waals surface area contributed by atoms with Gasteiger partial charge in [-0.3, -0.25) is 14.6 Å². The fourth-order valence-electron chi connectivity index (χ4n) is 5.21. The van der Waals surface area contributed by atoms with Gasteiger partial charge in [0.2, 0.25) is 11.8 Å². The molecule has 4 rings (SSSR count). The number of guanidine groups is 1. The number of nitrogens with one attached hydrogen (secondary N) is 2. The minimum absolute atomic E-state index is 0.0229. The first-order chi connectivity index (χ1) is 20.8. The third kappa shape index (κ3) is 9.85. The monoisotopic (exact) mass is 620 g/mol. The highest BCUT2D eigenvalue weighted by molar-refractivity contribution is 6.35. The van der Waals surface area contributed by atoms with Crippen LogP contribution in [0.5, 0.6) is 0 Å². The van der Waals surface area contributed by atoms with Gasteiger partial charge in [0.1, 0.15) is 0 Å². The summed E-state index contributed by atoms with van der Waals surface area (Å²) in [6.07, 6.45) is 4.98. The molecular formula is C33H38Cl2N6O2. The Labute approximate surface area is 263 Å². The van der Waals surface area contributed by atoms with Crippen molar-refractivity contribution in [3.8, 4) is 0 Å². The van der Waals surface area contributed by atoms with E-state index in [1.165, 1.54) is 6.08 Å². The van der Waals surface area contributed by atoms with Crippen molar-refractivity contribution in [3.63, 3.8) is 0 Å². The maximum Gasteiger partial charge on any atom is 0.244 e. The molecule has 2 atom stereocenters. The number of carbonyl (C=O) groups is 2. The average molecular weight is 622 g/mol. The molecule has 10 heteroatoms. The number of rotatable bonds is 12. The molecule has 3 aromatic carbocycles. The van der Waals surface area contributed by atoms with Crippen LogP contribution in [0.25, 0.3) is 6.08 Å². The summed E-state index contributed by atoms with van der Waals surface area (Å²) in [6, 6.07) is 25.1. The van der Waals surface area contributed by atoms with Crippen molar-refractivity contribution in [2.24, 2.45) is 16.5 Å². The van der Waals surface area contributed by atoms with Crippen LogP contribution in [0.15, 0.2) is 89.9 Å². The molecule has 226 valence electrons. The Hall–Kier alpha value is -3.85. The van der Waals surface area contributed by atoms with Crippen LogP contribution < -0.4 is 22.1 Å². The summed E-state index contributed by atoms with van der Waals surface area (Å²) in [5.74, 6) is -0.163. The number of carbonyl (C=O) groups excluding carboxylic acids is 2. The van der Waals surface area contributed by atoms with Gasteiger partial charge < -0.3 is 27.0 Å². The zero-order chi connectivity index (χ0) is 30.6. The van der Waals surface area contributed by atoms with Crippen LogP contribution in [0.1, 0.15) is 41.9 Å². The Morgan fingerprint density at radius 3 is 2.35 bits per heavy atom. The van der Waals surface area contributed by atoms with Gasteiger partial charge in [0.25, 0.3) is 0 Å². The summed E-state index contributed by atoms with van der Waals surface area (Å²) in [5.41, 5.74) is 14.0. The Morgan fingerprint density at radius 2 is 1.72 bits per heavy atom. The first-order valence-corrected chi connectivity index (χ1v) is 15.2. The standard InChI is InChI=1S/C33H38Cl2N6O2/c34-26-15-13-25(29(35)20-26)14-16-31(42)39-21-27-17-19-41(32(43)30(40-27)12-7-18-38-33(36)37)22-28(23-8-3-1-4-9-23)24-10-5-2-6-11-24/h1-6,8-11,13-16,20,27-28,30,40H,7,12,17-19,21-22H2,(H,39,42)(H4,36,37,38)/b16-14+. The van der Waals surface area contributed by atoms with Crippen molar-refractivity contribution in [1.82, 2.24) is 15.5 Å². The van der Waals surface area contributed by atoms with Gasteiger partial charge in [-0.2, -0.15) is 0 Å². The van der Waals surface area contributed by atoms with Crippen LogP contribution in [-0.2, 0) is 9.59 Å². The molecule has 0 saturated carbocycles. The number of hydrogen-bond acceptors (Lipinski definition) is 4. The normalized spacial score (nSPS) is 17.2. The van der Waals surface area contributed by atoms with E-state index < -0.39 is 6.04 Å². The molecule has 0 spiro atoms. The lowest BCUT2D eigenvalue weighted by atomic mass is 9.90. The molecular weight excluding hydrogens is 583 g/mol. The summed E-state index contributed by atoms with van der Waals surface area (Å²) in [4.78, 5) is 32.6. The van der Waals surface area contributed by atoms with Gasteiger partial charge in [0.05, 0.1) is 6.04 Å². The van der Waals surface area contributed by atoms with Crippen molar-refractivity contribution < 1.29 is 9.59 Å². The molecule has 1 saturated heterocycles. The second-order valence-corrected chi connectivity index (χ2v) is 11.4. The largest absolute Gasteiger partial charge is 0.370 e. The average Bonchev–Trinajstić information content (AvgIpc) is 3.15. The van der Waals surface area contributed by atoms with Crippen LogP contribution in [0.3, 0.4) is 0 Å². The van der Waals surface area contributed by atoms with Crippen LogP contribution in [0, 0.1) is 0 Å². The molecule has 1 aliphatic heterocycles. The van der Waals surface area contributed by atoms with Gasteiger partial charge in [-0.1, -0.05) is 89.9 Å². The highest BCUT2D eigenvalue weighted by Crippen LogP contribution is 2.27. The maximum atomic E-state index is 13.9. The SMILES string of the molecule is NC(N)=NCCCC1NC(CNC(=O)/C=C/c2ccc(Cl)cc2Cl)CCN(CC(c2ccccc2)c2ccccc2)C1=O. The maximum absolute atomic E-state index is 13.9. The van der Waals surface area contributed by atoms with Crippen LogP contribution >= 0.6 is 23.2 Å². The summed E-state index contributed by atoms with van der Waals surface area (Å²) >= 11 is 12.2. The minimum Gasteiger partial charge on any atom is -0.370 e. The Morgan fingerprint density at radius 1 is 1.05 bits per heavy atom. The molecule has 0 aromatic heterocycles. The highest BCUT2D eigenvalue weighted by atomic mass is 35.5. The number of benzene rings is 3. The molecule has 43 heavy (non-hydrogen) atoms. The zero-order valence-corrected chi connectivity index (χ0v) is 25.5. The highest BCUT2D eigenvalue weighted by Gasteiger charge is 2.32. The summed E-state index contributed by atoms with van der Waals surface area (Å²) in [6.45, 7) is 1.90. The summed E-state index contributed by atoms with van der Waals surface area (Å²) in [5, 5.41) is 7.46. The van der Waals surface area contributed by atoms with E-state index in [0.29, 0.717) is 61.1 Å². The molecule has 1 heterocycles. The molecule has 2 unspecified atom stereocenters. The molecule has 1 fully saturated rings. The van der Waals surface area contributed by atoms with E-state index in [4.69, 9.17) is 34.7 Å². The van der Waals surface area contributed by atoms with Gasteiger partial charge in [-0.15, -0.1) is 0 Å². The Bertz CT molecular complexity index is 1370. The fraction of sp³-hybridized carbons (Fsp3) is 0.303. The van der Waals surface area contributed by atoms with Gasteiger partial charge in [0.15, 0.2) is 5.96 Å². The molecule has 3 aromatic rings. The van der Waals surface area contributed by atoms with E-state index in [9.17, 15) is 9.59 Å². The Balaban J connectivity index is 1.47. The Kier molecular flexibility index (Phi) is 12.0. The van der Waals surface area contributed by atoms with Gasteiger partial charge in [0, 0.05) is 54.3 Å². The second kappa shape index (κ2) is 16.1. The summed E-state index contributed by atoms with van der Waals surface area (Å²) in [7, 11) is 0. The van der Waals surface area contributed by atoms with Gasteiger partial charge in [-0.05, 0) is 54.2 Å². The van der Waals surface area contributed by atoms with Crippen molar-refractivity contribution >= 4 is 47.1 Å². The fourth-order valence-corrected chi connectivity index (χ4v) is 5.68.